The maximum atomic E-state index is 3.29. The summed E-state index contributed by atoms with van der Waals surface area (Å²) in [4.78, 5) is 0. The van der Waals surface area contributed by atoms with Gasteiger partial charge in [-0.3, -0.25) is 0 Å². The first-order valence-electron chi connectivity index (χ1n) is 1.55. The van der Waals surface area contributed by atoms with Crippen LogP contribution in [0, 0.1) is 0 Å². The van der Waals surface area contributed by atoms with Crippen molar-refractivity contribution in [1.82, 2.24) is 0 Å². The van der Waals surface area contributed by atoms with E-state index in [1.165, 1.54) is 0 Å². The first-order valence-corrected chi connectivity index (χ1v) is 3.38. The average Bonchev–Trinajstić information content (AvgIpc) is 1.38. The highest BCUT2D eigenvalue weighted by molar-refractivity contribution is 9.49. The number of rotatable bonds is 1. The van der Waals surface area contributed by atoms with Crippen molar-refractivity contribution in [3.8, 4) is 0 Å². The summed E-state index contributed by atoms with van der Waals surface area (Å²) in [6.45, 7) is 2.11. The number of hydrogen-bond donors (Lipinski definition) is 0. The lowest BCUT2D eigenvalue weighted by Gasteiger charge is -1.79. The quantitative estimate of drug-likeness (QED) is 0.569. The van der Waals surface area contributed by atoms with E-state index in [2.05, 4.69) is 38.4 Å². The predicted molar refractivity (Wildman–Crippen MR) is 34.1 cm³/mol. The van der Waals surface area contributed by atoms with Crippen molar-refractivity contribution < 1.29 is 0 Å². The van der Waals surface area contributed by atoms with Crippen LogP contribution in [0.5, 0.6) is 0 Å². The van der Waals surface area contributed by atoms with Gasteiger partial charge in [-0.25, -0.2) is 0 Å². The Kier molecular flexibility index (Phi) is 3.88. The Morgan fingerprint density at radius 2 is 1.80 bits per heavy atom. The van der Waals surface area contributed by atoms with Crippen LogP contribution in [0.4, 0.5) is 0 Å². The molecule has 0 atom stereocenters. The lowest BCUT2D eigenvalue weighted by molar-refractivity contribution is 1.47. The van der Waals surface area contributed by atoms with Gasteiger partial charge in [-0.2, -0.15) is 0 Å². The fourth-order valence-electron chi connectivity index (χ4n) is 0. The minimum atomic E-state index is 0.509. The summed E-state index contributed by atoms with van der Waals surface area (Å²) in [6, 6.07) is 0. The minimum Gasteiger partial charge on any atom is -0.139 e. The van der Waals surface area contributed by atoms with E-state index >= 15 is 0 Å². The largest absolute Gasteiger partial charge is 0.298 e. The molecule has 0 rings (SSSR count). The van der Waals surface area contributed by atoms with Crippen molar-refractivity contribution in [2.24, 2.45) is 0 Å². The standard InChI is InChI=1S/C2H5BBr2/c1-2-3(4)5/h2H2,1H3. The third-order valence-corrected chi connectivity index (χ3v) is 1.60. The zero-order valence-corrected chi connectivity index (χ0v) is 6.21. The maximum Gasteiger partial charge on any atom is 0.298 e. The molecule has 0 bridgehead atoms. The van der Waals surface area contributed by atoms with E-state index in [4.69, 9.17) is 0 Å². The van der Waals surface area contributed by atoms with Crippen LogP contribution in [0.2, 0.25) is 6.32 Å². The van der Waals surface area contributed by atoms with Crippen LogP contribution in [0.15, 0.2) is 0 Å². The molecule has 0 spiro atoms. The third kappa shape index (κ3) is 5.02. The van der Waals surface area contributed by atoms with Gasteiger partial charge in [0.2, 0.25) is 0 Å². The Labute approximate surface area is 49.3 Å². The molecule has 0 aliphatic carbocycles. The van der Waals surface area contributed by atoms with Crippen molar-refractivity contribution in [2.75, 3.05) is 0 Å². The van der Waals surface area contributed by atoms with Gasteiger partial charge in [-0.15, -0.1) is 31.5 Å². The van der Waals surface area contributed by atoms with Crippen LogP contribution in [-0.2, 0) is 0 Å². The molecule has 3 heteroatoms. The summed E-state index contributed by atoms with van der Waals surface area (Å²) in [5.41, 5.74) is 0. The van der Waals surface area contributed by atoms with Gasteiger partial charge in [0, 0.05) is 0 Å². The molecule has 0 aromatic heterocycles. The summed E-state index contributed by atoms with van der Waals surface area (Å²) in [5, 5.41) is 0. The maximum absolute atomic E-state index is 3.29. The van der Waals surface area contributed by atoms with Gasteiger partial charge in [0.15, 0.2) is 0 Å². The molecule has 0 nitrogen and oxygen atoms in total. The highest BCUT2D eigenvalue weighted by atomic mass is 79.9. The van der Waals surface area contributed by atoms with E-state index in [0.29, 0.717) is 4.36 Å². The van der Waals surface area contributed by atoms with E-state index in [0.717, 1.165) is 6.32 Å². The van der Waals surface area contributed by atoms with Gasteiger partial charge >= 0.3 is 0 Å². The molecular weight excluding hydrogens is 195 g/mol. The molecule has 0 saturated heterocycles. The molecule has 0 N–H and O–H groups in total. The van der Waals surface area contributed by atoms with E-state index in [1.54, 1.807) is 0 Å². The summed E-state index contributed by atoms with van der Waals surface area (Å²) in [7, 11) is 0. The van der Waals surface area contributed by atoms with Crippen LogP contribution >= 0.6 is 31.5 Å². The highest BCUT2D eigenvalue weighted by Gasteiger charge is 1.94. The monoisotopic (exact) mass is 198 g/mol. The Balaban J connectivity index is 2.54. The Hall–Kier alpha value is 1.02. The molecule has 0 aliphatic rings. The Bertz CT molecular complexity index is 21.6. The first-order chi connectivity index (χ1) is 2.27. The van der Waals surface area contributed by atoms with Gasteiger partial charge in [-0.1, -0.05) is 13.2 Å². The fraction of sp³-hybridized carbons (Fsp3) is 1.00. The van der Waals surface area contributed by atoms with Gasteiger partial charge in [0.1, 0.15) is 0 Å². The second-order valence-corrected chi connectivity index (χ2v) is 4.24. The first kappa shape index (κ1) is 6.02. The van der Waals surface area contributed by atoms with Crippen LogP contribution in [0.1, 0.15) is 6.92 Å². The molecule has 0 amide bonds. The minimum absolute atomic E-state index is 0.509. The predicted octanol–water partition coefficient (Wildman–Crippen LogP) is 2.28. The van der Waals surface area contributed by atoms with Crippen LogP contribution in [-0.4, -0.2) is 4.36 Å². The second kappa shape index (κ2) is 3.22. The highest BCUT2D eigenvalue weighted by Crippen LogP contribution is 2.05. The summed E-state index contributed by atoms with van der Waals surface area (Å²) in [5.74, 6) is 0. The molecule has 0 saturated carbocycles. The van der Waals surface area contributed by atoms with Crippen molar-refractivity contribution >= 4 is 35.9 Å². The third-order valence-electron chi connectivity index (χ3n) is 0.309. The molecule has 5 heavy (non-hydrogen) atoms. The molecule has 0 unspecified atom stereocenters. The van der Waals surface area contributed by atoms with Gasteiger partial charge in [0.05, 0.1) is 0 Å². The average molecular weight is 200 g/mol. The molecule has 0 aliphatic heterocycles. The normalized spacial score (nSPS) is 7.80. The second-order valence-electron chi connectivity index (χ2n) is 0.799. The van der Waals surface area contributed by atoms with E-state index in [9.17, 15) is 0 Å². The number of hydrogen-bond acceptors (Lipinski definition) is 0. The van der Waals surface area contributed by atoms with Crippen LogP contribution in [0.3, 0.4) is 0 Å². The van der Waals surface area contributed by atoms with Gasteiger partial charge < -0.3 is 0 Å². The SMILES string of the molecule is CCB(Br)Br. The lowest BCUT2D eigenvalue weighted by Crippen LogP contribution is -1.80. The lowest BCUT2D eigenvalue weighted by atomic mass is 10.1. The van der Waals surface area contributed by atoms with Crippen molar-refractivity contribution in [3.05, 3.63) is 0 Å². The molecule has 0 aromatic carbocycles. The molecule has 0 fully saturated rings. The van der Waals surface area contributed by atoms with Gasteiger partial charge in [-0.05, 0) is 0 Å². The summed E-state index contributed by atoms with van der Waals surface area (Å²) < 4.78 is 0.509. The van der Waals surface area contributed by atoms with Crippen molar-refractivity contribution in [1.29, 1.82) is 0 Å². The zero-order valence-electron chi connectivity index (χ0n) is 3.04. The molecule has 0 aromatic rings. The van der Waals surface area contributed by atoms with Gasteiger partial charge in [0.25, 0.3) is 4.36 Å². The molecular formula is C2H5BBr2. The topological polar surface area (TPSA) is 0 Å². The fourth-order valence-corrected chi connectivity index (χ4v) is 0. The summed E-state index contributed by atoms with van der Waals surface area (Å²) >= 11 is 6.58. The Morgan fingerprint density at radius 1 is 1.60 bits per heavy atom. The number of halogens is 2. The Morgan fingerprint density at radius 3 is 1.80 bits per heavy atom. The summed E-state index contributed by atoms with van der Waals surface area (Å²) in [6.07, 6.45) is 1.14. The molecule has 0 heterocycles. The molecule has 0 radical (unpaired) electrons. The van der Waals surface area contributed by atoms with Crippen molar-refractivity contribution in [2.45, 2.75) is 13.2 Å². The van der Waals surface area contributed by atoms with Crippen molar-refractivity contribution in [3.63, 3.8) is 0 Å². The zero-order chi connectivity index (χ0) is 4.28. The smallest absolute Gasteiger partial charge is 0.139 e. The van der Waals surface area contributed by atoms with E-state index in [-0.39, 0.29) is 0 Å². The van der Waals surface area contributed by atoms with E-state index in [1.807, 2.05) is 0 Å². The van der Waals surface area contributed by atoms with Crippen LogP contribution < -0.4 is 0 Å². The van der Waals surface area contributed by atoms with E-state index < -0.39 is 0 Å². The van der Waals surface area contributed by atoms with Crippen LogP contribution in [0.25, 0.3) is 0 Å². The molecule has 30 valence electrons.